The molecular formula is C7H8N2O4. The van der Waals surface area contributed by atoms with Crippen molar-refractivity contribution in [3.05, 3.63) is 0 Å². The third kappa shape index (κ3) is 1.56. The molecule has 3 amide bonds. The molecule has 13 heavy (non-hydrogen) atoms. The van der Waals surface area contributed by atoms with Crippen LogP contribution in [0.5, 0.6) is 0 Å². The van der Waals surface area contributed by atoms with Crippen LogP contribution in [-0.2, 0) is 14.4 Å². The molecule has 0 aromatic rings. The molecule has 70 valence electrons. The van der Waals surface area contributed by atoms with Gasteiger partial charge in [-0.15, -0.1) is 0 Å². The predicted octanol–water partition coefficient (Wildman–Crippen LogP) is -1.31. The summed E-state index contributed by atoms with van der Waals surface area (Å²) in [5.41, 5.74) is 0. The van der Waals surface area contributed by atoms with Gasteiger partial charge in [0.1, 0.15) is 6.29 Å². The minimum atomic E-state index is -1.12. The summed E-state index contributed by atoms with van der Waals surface area (Å²) in [5, 5.41) is 2.17. The van der Waals surface area contributed by atoms with E-state index in [1.54, 1.807) is 0 Å². The Morgan fingerprint density at radius 3 is 2.62 bits per heavy atom. The van der Waals surface area contributed by atoms with E-state index in [0.29, 0.717) is 11.2 Å². The zero-order valence-electron chi connectivity index (χ0n) is 6.94. The Morgan fingerprint density at radius 2 is 2.23 bits per heavy atom. The van der Waals surface area contributed by atoms with Crippen molar-refractivity contribution in [2.45, 2.75) is 13.0 Å². The topological polar surface area (TPSA) is 83.6 Å². The molecule has 1 unspecified atom stereocenters. The lowest BCUT2D eigenvalue weighted by atomic mass is 10.2. The molecule has 1 heterocycles. The van der Waals surface area contributed by atoms with Gasteiger partial charge in [-0.2, -0.15) is 0 Å². The molecule has 0 bridgehead atoms. The number of nitrogens with zero attached hydrogens (tertiary/aromatic N) is 1. The highest BCUT2D eigenvalue weighted by molar-refractivity contribution is 6.16. The lowest BCUT2D eigenvalue weighted by Gasteiger charge is -2.06. The molecule has 0 aromatic carbocycles. The highest BCUT2D eigenvalue weighted by atomic mass is 16.2. The number of hydrogen-bond donors (Lipinski definition) is 1. The quantitative estimate of drug-likeness (QED) is 0.335. The second kappa shape index (κ2) is 3.34. The maximum atomic E-state index is 11.2. The van der Waals surface area contributed by atoms with E-state index in [4.69, 9.17) is 0 Å². The summed E-state index contributed by atoms with van der Waals surface area (Å²) < 4.78 is 0. The van der Waals surface area contributed by atoms with Crippen LogP contribution in [-0.4, -0.2) is 41.5 Å². The molecule has 6 heteroatoms. The zero-order valence-corrected chi connectivity index (χ0v) is 6.94. The summed E-state index contributed by atoms with van der Waals surface area (Å²) in [6.45, 7) is 0.891. The first-order valence-corrected chi connectivity index (χ1v) is 3.64. The Labute approximate surface area is 73.9 Å². The molecular weight excluding hydrogens is 176 g/mol. The predicted molar refractivity (Wildman–Crippen MR) is 40.8 cm³/mol. The number of nitrogens with one attached hydrogen (secondary N) is 1. The third-order valence-corrected chi connectivity index (χ3v) is 1.69. The molecule has 0 aromatic heterocycles. The maximum Gasteiger partial charge on any atom is 0.325 e. The number of rotatable bonds is 3. The first-order valence-electron chi connectivity index (χ1n) is 3.64. The minimum Gasteiger partial charge on any atom is -0.319 e. The normalized spacial score (nSPS) is 21.6. The molecule has 1 rings (SSSR count). The van der Waals surface area contributed by atoms with E-state index in [2.05, 4.69) is 5.32 Å². The fraction of sp³-hybridized carbons (Fsp3) is 0.429. The molecule has 1 aliphatic rings. The number of aldehydes is 1. The van der Waals surface area contributed by atoms with Crippen LogP contribution in [0.4, 0.5) is 4.79 Å². The first kappa shape index (κ1) is 9.37. The number of ketones is 1. The van der Waals surface area contributed by atoms with Crippen LogP contribution < -0.4 is 5.32 Å². The van der Waals surface area contributed by atoms with E-state index in [0.717, 1.165) is 0 Å². The van der Waals surface area contributed by atoms with Crippen LogP contribution in [0, 0.1) is 0 Å². The van der Waals surface area contributed by atoms with E-state index >= 15 is 0 Å². The van der Waals surface area contributed by atoms with Crippen molar-refractivity contribution in [3.63, 3.8) is 0 Å². The molecule has 1 aliphatic heterocycles. The molecule has 0 saturated carbocycles. The molecule has 1 N–H and O–H groups in total. The number of Topliss-reactive ketones (excluding diaryl/α,β-unsaturated/α-hetero) is 1. The van der Waals surface area contributed by atoms with Gasteiger partial charge in [-0.1, -0.05) is 0 Å². The second-order valence-electron chi connectivity index (χ2n) is 2.61. The lowest BCUT2D eigenvalue weighted by molar-refractivity contribution is -0.133. The fourth-order valence-corrected chi connectivity index (χ4v) is 1.04. The standard InChI is InChI=1S/C7H8N2O4/c1-4(11)5-6(12)9(2-3-10)7(13)8-5/h3,5H,2H2,1H3,(H,8,13). The van der Waals surface area contributed by atoms with E-state index in [-0.39, 0.29) is 6.54 Å². The Bertz CT molecular complexity index is 286. The van der Waals surface area contributed by atoms with Gasteiger partial charge < -0.3 is 10.1 Å². The number of carbonyl (C=O) groups excluding carboxylic acids is 4. The zero-order chi connectivity index (χ0) is 10.0. The van der Waals surface area contributed by atoms with Crippen molar-refractivity contribution < 1.29 is 19.2 Å². The van der Waals surface area contributed by atoms with E-state index in [9.17, 15) is 19.2 Å². The highest BCUT2D eigenvalue weighted by Crippen LogP contribution is 2.05. The Balaban J connectivity index is 2.81. The molecule has 0 aliphatic carbocycles. The van der Waals surface area contributed by atoms with Crippen molar-refractivity contribution in [1.82, 2.24) is 10.2 Å². The smallest absolute Gasteiger partial charge is 0.319 e. The van der Waals surface area contributed by atoms with Gasteiger partial charge in [0.05, 0.1) is 6.54 Å². The van der Waals surface area contributed by atoms with Gasteiger partial charge in [0.2, 0.25) is 0 Å². The van der Waals surface area contributed by atoms with Crippen molar-refractivity contribution >= 4 is 24.0 Å². The van der Waals surface area contributed by atoms with Gasteiger partial charge in [-0.05, 0) is 6.92 Å². The van der Waals surface area contributed by atoms with Gasteiger partial charge in [0.15, 0.2) is 11.8 Å². The fourth-order valence-electron chi connectivity index (χ4n) is 1.04. The third-order valence-electron chi connectivity index (χ3n) is 1.69. The number of amides is 3. The Hall–Kier alpha value is -1.72. The SMILES string of the molecule is CC(=O)C1NC(=O)N(CC=O)C1=O. The largest absolute Gasteiger partial charge is 0.325 e. The number of carbonyl (C=O) groups is 4. The van der Waals surface area contributed by atoms with Gasteiger partial charge in [0, 0.05) is 0 Å². The summed E-state index contributed by atoms with van der Waals surface area (Å²) in [5.74, 6) is -1.10. The summed E-state index contributed by atoms with van der Waals surface area (Å²) in [6, 6.07) is -1.82. The highest BCUT2D eigenvalue weighted by Gasteiger charge is 2.40. The molecule has 0 radical (unpaired) electrons. The van der Waals surface area contributed by atoms with E-state index in [1.807, 2.05) is 0 Å². The maximum absolute atomic E-state index is 11.2. The number of urea groups is 1. The summed E-state index contributed by atoms with van der Waals surface area (Å²) in [4.78, 5) is 43.8. The van der Waals surface area contributed by atoms with Crippen LogP contribution in [0.1, 0.15) is 6.92 Å². The Morgan fingerprint density at radius 1 is 1.62 bits per heavy atom. The number of hydrogen-bond acceptors (Lipinski definition) is 4. The first-order chi connectivity index (χ1) is 6.07. The molecule has 1 atom stereocenters. The molecule has 0 spiro atoms. The van der Waals surface area contributed by atoms with Crippen molar-refractivity contribution in [1.29, 1.82) is 0 Å². The summed E-state index contributed by atoms with van der Waals surface area (Å²) in [7, 11) is 0. The van der Waals surface area contributed by atoms with Gasteiger partial charge in [-0.25, -0.2) is 4.79 Å². The lowest BCUT2D eigenvalue weighted by Crippen LogP contribution is -2.36. The van der Waals surface area contributed by atoms with Gasteiger partial charge >= 0.3 is 6.03 Å². The van der Waals surface area contributed by atoms with Gasteiger partial charge in [-0.3, -0.25) is 14.5 Å². The average Bonchev–Trinajstić information content (AvgIpc) is 2.32. The van der Waals surface area contributed by atoms with E-state index in [1.165, 1.54) is 6.92 Å². The van der Waals surface area contributed by atoms with Crippen LogP contribution in [0.3, 0.4) is 0 Å². The molecule has 6 nitrogen and oxygen atoms in total. The minimum absolute atomic E-state index is 0.311. The second-order valence-corrected chi connectivity index (χ2v) is 2.61. The average molecular weight is 184 g/mol. The van der Waals surface area contributed by atoms with Crippen molar-refractivity contribution in [3.8, 4) is 0 Å². The van der Waals surface area contributed by atoms with Crippen LogP contribution in [0.25, 0.3) is 0 Å². The van der Waals surface area contributed by atoms with Gasteiger partial charge in [0.25, 0.3) is 5.91 Å². The van der Waals surface area contributed by atoms with Crippen molar-refractivity contribution in [2.24, 2.45) is 0 Å². The van der Waals surface area contributed by atoms with E-state index < -0.39 is 23.8 Å². The Kier molecular flexibility index (Phi) is 2.41. The van der Waals surface area contributed by atoms with Crippen LogP contribution >= 0.6 is 0 Å². The summed E-state index contributed by atoms with van der Waals surface area (Å²) in [6.07, 6.45) is 0.431. The van der Waals surface area contributed by atoms with Crippen LogP contribution in [0.2, 0.25) is 0 Å². The molecule has 1 saturated heterocycles. The molecule has 1 fully saturated rings. The van der Waals surface area contributed by atoms with Crippen molar-refractivity contribution in [2.75, 3.05) is 6.54 Å². The monoisotopic (exact) mass is 184 g/mol. The summed E-state index contributed by atoms with van der Waals surface area (Å²) >= 11 is 0. The van der Waals surface area contributed by atoms with Crippen LogP contribution in [0.15, 0.2) is 0 Å². The number of imide groups is 1.